The van der Waals surface area contributed by atoms with Crippen LogP contribution in [0.2, 0.25) is 0 Å². The molecule has 0 aliphatic rings. The van der Waals surface area contributed by atoms with Crippen LogP contribution >= 0.6 is 15.9 Å². The van der Waals surface area contributed by atoms with Gasteiger partial charge in [-0.2, -0.15) is 0 Å². The van der Waals surface area contributed by atoms with E-state index in [1.807, 2.05) is 13.8 Å². The molecular weight excluding hydrogens is 274 g/mol. The van der Waals surface area contributed by atoms with Gasteiger partial charge in [0.25, 0.3) is 0 Å². The molecule has 0 saturated heterocycles. The third-order valence-corrected chi connectivity index (χ3v) is 1.92. The molecule has 1 aromatic rings. The van der Waals surface area contributed by atoms with E-state index in [0.717, 1.165) is 0 Å². The van der Waals surface area contributed by atoms with Crippen LogP contribution in [0.25, 0.3) is 0 Å². The second kappa shape index (κ2) is 11.1. The third kappa shape index (κ3) is 6.94. The molecule has 0 spiro atoms. The minimum Gasteiger partial charge on any atom is -0.207 e. The molecule has 0 saturated carbocycles. The number of hydrogen-bond donors (Lipinski definition) is 0. The molecule has 94 valence electrons. The summed E-state index contributed by atoms with van der Waals surface area (Å²) in [5.74, 6) is -0.973. The maximum atomic E-state index is 12.8. The van der Waals surface area contributed by atoms with Crippen LogP contribution in [0.1, 0.15) is 46.6 Å². The molecule has 0 amide bonds. The van der Waals surface area contributed by atoms with Gasteiger partial charge < -0.3 is 0 Å². The Morgan fingerprint density at radius 1 is 1.00 bits per heavy atom. The number of halogens is 3. The Kier molecular flexibility index (Phi) is 12.4. The Balaban J connectivity index is 0. The summed E-state index contributed by atoms with van der Waals surface area (Å²) in [6.07, 6.45) is 1.63. The van der Waals surface area contributed by atoms with Crippen molar-refractivity contribution in [3.8, 4) is 0 Å². The van der Waals surface area contributed by atoms with Crippen LogP contribution in [0.5, 0.6) is 0 Å². The van der Waals surface area contributed by atoms with Gasteiger partial charge >= 0.3 is 0 Å². The average Bonchev–Trinajstić information content (AvgIpc) is 2.21. The van der Waals surface area contributed by atoms with E-state index in [-0.39, 0.29) is 5.56 Å². The first-order chi connectivity index (χ1) is 7.56. The Hall–Kier alpha value is -0.440. The van der Waals surface area contributed by atoms with Gasteiger partial charge in [-0.25, -0.2) is 8.78 Å². The van der Waals surface area contributed by atoms with Gasteiger partial charge in [-0.05, 0) is 18.6 Å². The van der Waals surface area contributed by atoms with E-state index in [4.69, 9.17) is 0 Å². The minimum atomic E-state index is -0.487. The van der Waals surface area contributed by atoms with Gasteiger partial charge in [0.2, 0.25) is 0 Å². The lowest BCUT2D eigenvalue weighted by atomic mass is 10.1. The van der Waals surface area contributed by atoms with Gasteiger partial charge in [0.05, 0.1) is 0 Å². The van der Waals surface area contributed by atoms with E-state index in [9.17, 15) is 8.78 Å². The van der Waals surface area contributed by atoms with Crippen molar-refractivity contribution in [2.75, 3.05) is 0 Å². The molecule has 0 atom stereocenters. The number of rotatable bonds is 1. The normalized spacial score (nSPS) is 8.50. The van der Waals surface area contributed by atoms with E-state index < -0.39 is 11.6 Å². The van der Waals surface area contributed by atoms with Crippen molar-refractivity contribution in [1.82, 2.24) is 0 Å². The Labute approximate surface area is 106 Å². The fraction of sp³-hybridized carbons (Fsp3) is 0.538. The molecule has 0 aliphatic carbocycles. The molecule has 0 bridgehead atoms. The van der Waals surface area contributed by atoms with Crippen LogP contribution in [0.15, 0.2) is 16.6 Å². The molecule has 1 aromatic carbocycles. The maximum Gasteiger partial charge on any atom is 0.130 e. The SMILES string of the molecule is CC.CCC.CCc1c(F)cc(Br)cc1F. The van der Waals surface area contributed by atoms with Crippen molar-refractivity contribution >= 4 is 15.9 Å². The van der Waals surface area contributed by atoms with Crippen molar-refractivity contribution in [1.29, 1.82) is 0 Å². The zero-order valence-corrected chi connectivity index (χ0v) is 12.3. The molecule has 1 rings (SSSR count). The molecule has 0 fully saturated rings. The van der Waals surface area contributed by atoms with Gasteiger partial charge in [0.15, 0.2) is 0 Å². The molecule has 0 aromatic heterocycles. The molecule has 0 radical (unpaired) electrons. The highest BCUT2D eigenvalue weighted by atomic mass is 79.9. The zero-order valence-electron chi connectivity index (χ0n) is 10.7. The molecule has 0 N–H and O–H groups in total. The van der Waals surface area contributed by atoms with Gasteiger partial charge in [0.1, 0.15) is 11.6 Å². The fourth-order valence-electron chi connectivity index (χ4n) is 0.910. The van der Waals surface area contributed by atoms with Crippen LogP contribution in [0.4, 0.5) is 8.78 Å². The summed E-state index contributed by atoms with van der Waals surface area (Å²) in [7, 11) is 0. The minimum absolute atomic E-state index is 0.146. The summed E-state index contributed by atoms with van der Waals surface area (Å²) in [5, 5.41) is 0. The topological polar surface area (TPSA) is 0 Å². The first-order valence-corrected chi connectivity index (χ1v) is 6.49. The predicted molar refractivity (Wildman–Crippen MR) is 70.7 cm³/mol. The lowest BCUT2D eigenvalue weighted by molar-refractivity contribution is 0.557. The number of benzene rings is 1. The highest BCUT2D eigenvalue weighted by molar-refractivity contribution is 9.10. The summed E-state index contributed by atoms with van der Waals surface area (Å²) in [6, 6.07) is 2.53. The molecule has 0 heterocycles. The highest BCUT2D eigenvalue weighted by Gasteiger charge is 2.07. The van der Waals surface area contributed by atoms with Crippen molar-refractivity contribution in [3.63, 3.8) is 0 Å². The summed E-state index contributed by atoms with van der Waals surface area (Å²) < 4.78 is 26.1. The molecule has 3 heteroatoms. The molecule has 0 nitrogen and oxygen atoms in total. The fourth-order valence-corrected chi connectivity index (χ4v) is 1.31. The molecular formula is C13H21BrF2. The summed E-state index contributed by atoms with van der Waals surface area (Å²) in [4.78, 5) is 0. The molecule has 16 heavy (non-hydrogen) atoms. The predicted octanol–water partition coefficient (Wildman–Crippen LogP) is 5.73. The second-order valence-corrected chi connectivity index (χ2v) is 3.82. The van der Waals surface area contributed by atoms with E-state index >= 15 is 0 Å². The summed E-state index contributed by atoms with van der Waals surface area (Å²) in [5.41, 5.74) is 0.146. The van der Waals surface area contributed by atoms with Crippen molar-refractivity contribution in [2.24, 2.45) is 0 Å². The van der Waals surface area contributed by atoms with Gasteiger partial charge in [0, 0.05) is 10.0 Å². The maximum absolute atomic E-state index is 12.8. The van der Waals surface area contributed by atoms with Crippen molar-refractivity contribution < 1.29 is 8.78 Å². The van der Waals surface area contributed by atoms with Crippen molar-refractivity contribution in [2.45, 2.75) is 47.5 Å². The van der Waals surface area contributed by atoms with Crippen molar-refractivity contribution in [3.05, 3.63) is 33.8 Å². The Morgan fingerprint density at radius 3 is 1.56 bits per heavy atom. The Bertz CT molecular complexity index is 262. The van der Waals surface area contributed by atoms with Gasteiger partial charge in [-0.3, -0.25) is 0 Å². The highest BCUT2D eigenvalue weighted by Crippen LogP contribution is 2.19. The lowest BCUT2D eigenvalue weighted by Crippen LogP contribution is -1.92. The number of hydrogen-bond acceptors (Lipinski definition) is 0. The largest absolute Gasteiger partial charge is 0.207 e. The van der Waals surface area contributed by atoms with E-state index in [1.165, 1.54) is 18.6 Å². The summed E-state index contributed by atoms with van der Waals surface area (Å²) in [6.45, 7) is 9.97. The van der Waals surface area contributed by atoms with E-state index in [1.54, 1.807) is 6.92 Å². The third-order valence-electron chi connectivity index (χ3n) is 1.46. The van der Waals surface area contributed by atoms with Crippen LogP contribution < -0.4 is 0 Å². The van der Waals surface area contributed by atoms with E-state index in [2.05, 4.69) is 29.8 Å². The standard InChI is InChI=1S/C8H7BrF2.C3H8.C2H6/c1-2-6-7(10)3-5(9)4-8(6)11;1-3-2;1-2/h3-4H,2H2,1H3;3H2,1-2H3;1-2H3. The Morgan fingerprint density at radius 2 is 1.31 bits per heavy atom. The summed E-state index contributed by atoms with van der Waals surface area (Å²) >= 11 is 3.00. The van der Waals surface area contributed by atoms with Gasteiger partial charge in [-0.1, -0.05) is 57.0 Å². The molecule has 0 unspecified atom stereocenters. The first-order valence-electron chi connectivity index (χ1n) is 5.70. The van der Waals surface area contributed by atoms with Crippen LogP contribution in [-0.2, 0) is 6.42 Å². The van der Waals surface area contributed by atoms with Crippen LogP contribution in [0.3, 0.4) is 0 Å². The zero-order chi connectivity index (χ0) is 13.1. The van der Waals surface area contributed by atoms with E-state index in [0.29, 0.717) is 10.9 Å². The lowest BCUT2D eigenvalue weighted by Gasteiger charge is -2.01. The van der Waals surface area contributed by atoms with Gasteiger partial charge in [-0.15, -0.1) is 0 Å². The molecule has 0 aliphatic heterocycles. The smallest absolute Gasteiger partial charge is 0.130 e. The first kappa shape index (κ1) is 17.9. The second-order valence-electron chi connectivity index (χ2n) is 2.91. The average molecular weight is 295 g/mol. The quantitative estimate of drug-likeness (QED) is 0.620. The monoisotopic (exact) mass is 294 g/mol. The van der Waals surface area contributed by atoms with Crippen LogP contribution in [0, 0.1) is 11.6 Å². The van der Waals surface area contributed by atoms with Crippen LogP contribution in [-0.4, -0.2) is 0 Å².